The second-order valence-electron chi connectivity index (χ2n) is 7.86. The fraction of sp³-hybridized carbons (Fsp3) is 0.320. The molecule has 0 unspecified atom stereocenters. The summed E-state index contributed by atoms with van der Waals surface area (Å²) in [6.45, 7) is 10.0. The molecule has 1 saturated heterocycles. The van der Waals surface area contributed by atoms with Gasteiger partial charge >= 0.3 is 0 Å². The first-order valence-electron chi connectivity index (χ1n) is 10.5. The molecule has 30 heavy (non-hydrogen) atoms. The molecule has 2 aromatic carbocycles. The summed E-state index contributed by atoms with van der Waals surface area (Å²) < 4.78 is 7.57. The lowest BCUT2D eigenvalue weighted by molar-refractivity contribution is 0.0950. The van der Waals surface area contributed by atoms with E-state index in [9.17, 15) is 4.79 Å². The van der Waals surface area contributed by atoms with Gasteiger partial charge in [-0.25, -0.2) is 0 Å². The largest absolute Gasteiger partial charge is 0.378 e. The van der Waals surface area contributed by atoms with E-state index in [-0.39, 0.29) is 5.91 Å². The summed E-state index contributed by atoms with van der Waals surface area (Å²) in [6.07, 6.45) is 0. The molecule has 1 aliphatic rings. The second-order valence-corrected chi connectivity index (χ2v) is 7.86. The number of aromatic nitrogens is 1. The number of nitrogens with zero attached hydrogens (tertiary/aromatic N) is 2. The molecule has 5 heteroatoms. The molecule has 4 rings (SSSR count). The lowest BCUT2D eigenvalue weighted by Gasteiger charge is -2.28. The molecule has 3 aromatic rings. The maximum atomic E-state index is 12.9. The SMILES string of the molecule is Cc1ccccc1-n1c(C)cc(C(=O)NCc2ccc(N3CCOCC3)cc2)c1C. The van der Waals surface area contributed by atoms with Crippen LogP contribution in [0.25, 0.3) is 5.69 Å². The maximum absolute atomic E-state index is 12.9. The zero-order valence-corrected chi connectivity index (χ0v) is 17.9. The third kappa shape index (κ3) is 4.12. The van der Waals surface area contributed by atoms with Crippen LogP contribution in [-0.4, -0.2) is 36.8 Å². The first-order chi connectivity index (χ1) is 14.5. The molecular formula is C25H29N3O2. The van der Waals surface area contributed by atoms with Gasteiger partial charge in [-0.3, -0.25) is 4.79 Å². The molecule has 5 nitrogen and oxygen atoms in total. The molecule has 0 spiro atoms. The lowest BCUT2D eigenvalue weighted by Crippen LogP contribution is -2.36. The minimum Gasteiger partial charge on any atom is -0.378 e. The fourth-order valence-corrected chi connectivity index (χ4v) is 4.10. The number of benzene rings is 2. The Labute approximate surface area is 178 Å². The number of para-hydroxylation sites is 1. The molecular weight excluding hydrogens is 374 g/mol. The quantitative estimate of drug-likeness (QED) is 0.696. The van der Waals surface area contributed by atoms with E-state index in [1.54, 1.807) is 0 Å². The van der Waals surface area contributed by atoms with Crippen molar-refractivity contribution >= 4 is 11.6 Å². The third-order valence-corrected chi connectivity index (χ3v) is 5.80. The van der Waals surface area contributed by atoms with Gasteiger partial charge in [-0.1, -0.05) is 30.3 Å². The number of ether oxygens (including phenoxy) is 1. The number of carbonyl (C=O) groups is 1. The highest BCUT2D eigenvalue weighted by molar-refractivity contribution is 5.95. The van der Waals surface area contributed by atoms with Crippen LogP contribution in [-0.2, 0) is 11.3 Å². The molecule has 0 atom stereocenters. The van der Waals surface area contributed by atoms with Gasteiger partial charge in [0.2, 0.25) is 0 Å². The lowest BCUT2D eigenvalue weighted by atomic mass is 10.1. The van der Waals surface area contributed by atoms with Crippen LogP contribution in [0.15, 0.2) is 54.6 Å². The van der Waals surface area contributed by atoms with E-state index < -0.39 is 0 Å². The minimum absolute atomic E-state index is 0.0415. The van der Waals surface area contributed by atoms with Crippen molar-refractivity contribution in [1.29, 1.82) is 0 Å². The molecule has 0 bridgehead atoms. The van der Waals surface area contributed by atoms with Crippen LogP contribution in [0.5, 0.6) is 0 Å². The normalized spacial score (nSPS) is 14.0. The number of hydrogen-bond donors (Lipinski definition) is 1. The van der Waals surface area contributed by atoms with E-state index in [0.29, 0.717) is 6.54 Å². The number of rotatable bonds is 5. The number of carbonyl (C=O) groups excluding carboxylic acids is 1. The number of morpholine rings is 1. The van der Waals surface area contributed by atoms with Crippen LogP contribution in [0, 0.1) is 20.8 Å². The van der Waals surface area contributed by atoms with Gasteiger partial charge in [0.1, 0.15) is 0 Å². The summed E-state index contributed by atoms with van der Waals surface area (Å²) >= 11 is 0. The number of amides is 1. The van der Waals surface area contributed by atoms with E-state index >= 15 is 0 Å². The van der Waals surface area contributed by atoms with Crippen molar-refractivity contribution in [3.8, 4) is 5.69 Å². The third-order valence-electron chi connectivity index (χ3n) is 5.80. The Hall–Kier alpha value is -3.05. The van der Waals surface area contributed by atoms with Crippen LogP contribution < -0.4 is 10.2 Å². The first-order valence-corrected chi connectivity index (χ1v) is 10.5. The fourth-order valence-electron chi connectivity index (χ4n) is 4.10. The highest BCUT2D eigenvalue weighted by Crippen LogP contribution is 2.23. The number of hydrogen-bond acceptors (Lipinski definition) is 3. The number of nitrogens with one attached hydrogen (secondary N) is 1. The van der Waals surface area contributed by atoms with Gasteiger partial charge in [-0.05, 0) is 56.2 Å². The van der Waals surface area contributed by atoms with E-state index in [4.69, 9.17) is 4.74 Å². The smallest absolute Gasteiger partial charge is 0.253 e. The van der Waals surface area contributed by atoms with Gasteiger partial charge in [-0.15, -0.1) is 0 Å². The minimum atomic E-state index is -0.0415. The van der Waals surface area contributed by atoms with E-state index in [2.05, 4.69) is 58.1 Å². The molecule has 2 heterocycles. The molecule has 1 fully saturated rings. The summed E-state index contributed by atoms with van der Waals surface area (Å²) in [5, 5.41) is 3.08. The van der Waals surface area contributed by atoms with Crippen molar-refractivity contribution in [2.24, 2.45) is 0 Å². The zero-order valence-electron chi connectivity index (χ0n) is 17.9. The van der Waals surface area contributed by atoms with Crippen molar-refractivity contribution in [2.75, 3.05) is 31.2 Å². The summed E-state index contributed by atoms with van der Waals surface area (Å²) in [5.74, 6) is -0.0415. The number of anilines is 1. The van der Waals surface area contributed by atoms with Crippen molar-refractivity contribution in [2.45, 2.75) is 27.3 Å². The topological polar surface area (TPSA) is 46.5 Å². The molecule has 1 aromatic heterocycles. The van der Waals surface area contributed by atoms with Crippen molar-refractivity contribution in [3.05, 3.63) is 82.7 Å². The van der Waals surface area contributed by atoms with Crippen LogP contribution in [0.3, 0.4) is 0 Å². The van der Waals surface area contributed by atoms with E-state index in [0.717, 1.165) is 54.5 Å². The van der Waals surface area contributed by atoms with E-state index in [1.165, 1.54) is 11.3 Å². The summed E-state index contributed by atoms with van der Waals surface area (Å²) in [6, 6.07) is 18.6. The Morgan fingerprint density at radius 2 is 1.70 bits per heavy atom. The average molecular weight is 404 g/mol. The maximum Gasteiger partial charge on any atom is 0.253 e. The van der Waals surface area contributed by atoms with Crippen molar-refractivity contribution in [3.63, 3.8) is 0 Å². The van der Waals surface area contributed by atoms with Gasteiger partial charge < -0.3 is 19.5 Å². The molecule has 1 amide bonds. The van der Waals surface area contributed by atoms with Crippen molar-refractivity contribution in [1.82, 2.24) is 9.88 Å². The average Bonchev–Trinajstić information content (AvgIpc) is 3.07. The van der Waals surface area contributed by atoms with Crippen LogP contribution in [0.2, 0.25) is 0 Å². The Morgan fingerprint density at radius 3 is 2.40 bits per heavy atom. The van der Waals surface area contributed by atoms with Crippen LogP contribution in [0.1, 0.15) is 32.9 Å². The molecule has 1 aliphatic heterocycles. The highest BCUT2D eigenvalue weighted by atomic mass is 16.5. The monoisotopic (exact) mass is 403 g/mol. The predicted octanol–water partition coefficient (Wildman–Crippen LogP) is 4.17. The molecule has 1 N–H and O–H groups in total. The van der Waals surface area contributed by atoms with Gasteiger partial charge in [0.05, 0.1) is 18.8 Å². The van der Waals surface area contributed by atoms with Gasteiger partial charge in [0, 0.05) is 42.4 Å². The van der Waals surface area contributed by atoms with Gasteiger partial charge in [0.25, 0.3) is 5.91 Å². The van der Waals surface area contributed by atoms with Gasteiger partial charge in [0.15, 0.2) is 0 Å². The van der Waals surface area contributed by atoms with Crippen molar-refractivity contribution < 1.29 is 9.53 Å². The van der Waals surface area contributed by atoms with E-state index in [1.807, 2.05) is 32.0 Å². The Bertz CT molecular complexity index is 1030. The van der Waals surface area contributed by atoms with Gasteiger partial charge in [-0.2, -0.15) is 0 Å². The first kappa shape index (κ1) is 20.2. The Balaban J connectivity index is 1.44. The second kappa shape index (κ2) is 8.76. The summed E-state index contributed by atoms with van der Waals surface area (Å²) in [4.78, 5) is 15.2. The standard InChI is InChI=1S/C25H29N3O2/c1-18-6-4-5-7-24(18)28-19(2)16-23(20(28)3)25(29)26-17-21-8-10-22(11-9-21)27-12-14-30-15-13-27/h4-11,16H,12-15,17H2,1-3H3,(H,26,29). The molecule has 156 valence electrons. The summed E-state index contributed by atoms with van der Waals surface area (Å²) in [7, 11) is 0. The number of aryl methyl sites for hydroxylation is 2. The predicted molar refractivity (Wildman–Crippen MR) is 121 cm³/mol. The molecule has 0 radical (unpaired) electrons. The molecule has 0 saturated carbocycles. The summed E-state index contributed by atoms with van der Waals surface area (Å²) in [5.41, 5.74) is 7.34. The Kier molecular flexibility index (Phi) is 5.91. The van der Waals surface area contributed by atoms with Crippen LogP contribution >= 0.6 is 0 Å². The van der Waals surface area contributed by atoms with Crippen LogP contribution in [0.4, 0.5) is 5.69 Å². The Morgan fingerprint density at radius 1 is 1.00 bits per heavy atom. The molecule has 0 aliphatic carbocycles. The highest BCUT2D eigenvalue weighted by Gasteiger charge is 2.17. The zero-order chi connectivity index (χ0) is 21.1.